The third-order valence-electron chi connectivity index (χ3n) is 4.86. The second-order valence-corrected chi connectivity index (χ2v) is 7.44. The van der Waals surface area contributed by atoms with Crippen LogP contribution in [-0.2, 0) is 14.3 Å². The first kappa shape index (κ1) is 17.4. The molecule has 0 aromatic heterocycles. The Morgan fingerprint density at radius 1 is 1.28 bits per heavy atom. The topological polar surface area (TPSA) is 55.4 Å². The number of Topliss-reactive ketones (excluding diaryl/α,β-unsaturated/α-hetero) is 1. The molecule has 1 aliphatic carbocycles. The minimum absolute atomic E-state index is 0.0547. The quantitative estimate of drug-likeness (QED) is 0.834. The van der Waals surface area contributed by atoms with Crippen molar-refractivity contribution < 1.29 is 18.7 Å². The fraction of sp³-hybridized carbons (Fsp3) is 0.400. The highest BCUT2D eigenvalue weighted by atomic mass is 19.1. The molecule has 2 aliphatic rings. The lowest BCUT2D eigenvalue weighted by Gasteiger charge is -2.39. The van der Waals surface area contributed by atoms with Gasteiger partial charge in [-0.15, -0.1) is 0 Å². The molecule has 0 radical (unpaired) electrons. The molecule has 0 saturated heterocycles. The maximum absolute atomic E-state index is 14.6. The van der Waals surface area contributed by atoms with Crippen molar-refractivity contribution in [2.75, 3.05) is 7.11 Å². The van der Waals surface area contributed by atoms with Crippen molar-refractivity contribution in [1.29, 1.82) is 0 Å². The van der Waals surface area contributed by atoms with E-state index in [1.54, 1.807) is 25.1 Å². The zero-order valence-corrected chi connectivity index (χ0v) is 14.9. The average molecular weight is 343 g/mol. The van der Waals surface area contributed by atoms with Gasteiger partial charge in [-0.05, 0) is 24.8 Å². The van der Waals surface area contributed by atoms with Gasteiger partial charge in [-0.25, -0.2) is 9.18 Å². The third-order valence-corrected chi connectivity index (χ3v) is 4.86. The summed E-state index contributed by atoms with van der Waals surface area (Å²) in [6, 6.07) is 6.27. The number of carbonyl (C=O) groups excluding carboxylic acids is 2. The molecule has 0 bridgehead atoms. The van der Waals surface area contributed by atoms with Gasteiger partial charge in [0, 0.05) is 29.0 Å². The van der Waals surface area contributed by atoms with E-state index in [1.807, 2.05) is 13.8 Å². The molecule has 0 spiro atoms. The first-order valence-electron chi connectivity index (χ1n) is 8.32. The highest BCUT2D eigenvalue weighted by Crippen LogP contribution is 2.47. The van der Waals surface area contributed by atoms with Crippen LogP contribution in [0.2, 0.25) is 0 Å². The summed E-state index contributed by atoms with van der Waals surface area (Å²) in [6.45, 7) is 5.82. The maximum Gasteiger partial charge on any atom is 0.336 e. The number of carbonyl (C=O) groups is 2. The minimum atomic E-state index is -0.742. The van der Waals surface area contributed by atoms with Gasteiger partial charge in [0.15, 0.2) is 5.78 Å². The summed E-state index contributed by atoms with van der Waals surface area (Å²) in [5, 5.41) is 3.20. The summed E-state index contributed by atoms with van der Waals surface area (Å²) in [7, 11) is 1.29. The average Bonchev–Trinajstić information content (AvgIpc) is 2.52. The van der Waals surface area contributed by atoms with Gasteiger partial charge in [0.2, 0.25) is 0 Å². The van der Waals surface area contributed by atoms with E-state index in [1.165, 1.54) is 13.2 Å². The lowest BCUT2D eigenvalue weighted by atomic mass is 9.68. The number of nitrogens with one attached hydrogen (secondary N) is 1. The Bertz CT molecular complexity index is 820. The molecule has 5 heteroatoms. The third kappa shape index (κ3) is 2.99. The smallest absolute Gasteiger partial charge is 0.336 e. The molecule has 25 heavy (non-hydrogen) atoms. The number of methoxy groups -OCH3 is 1. The standard InChI is InChI=1S/C20H22FNO3/c1-11-16(19(24)25-4)17(12-7-5-6-8-13(12)21)18-14(22-11)9-20(2,3)10-15(18)23/h5-8,17,22H,9-10H2,1-4H3/t17-/m0/s1. The van der Waals surface area contributed by atoms with Gasteiger partial charge in [0.05, 0.1) is 18.6 Å². The van der Waals surface area contributed by atoms with Gasteiger partial charge in [-0.1, -0.05) is 32.0 Å². The molecule has 1 aliphatic heterocycles. The van der Waals surface area contributed by atoms with Crippen LogP contribution in [0.4, 0.5) is 4.39 Å². The highest BCUT2D eigenvalue weighted by Gasteiger charge is 2.43. The van der Waals surface area contributed by atoms with Crippen LogP contribution < -0.4 is 5.32 Å². The van der Waals surface area contributed by atoms with Crippen molar-refractivity contribution in [2.45, 2.75) is 39.5 Å². The number of esters is 1. The Morgan fingerprint density at radius 3 is 2.60 bits per heavy atom. The summed E-state index contributed by atoms with van der Waals surface area (Å²) >= 11 is 0. The Labute approximate surface area is 146 Å². The number of benzene rings is 1. The number of hydrogen-bond donors (Lipinski definition) is 1. The van der Waals surface area contributed by atoms with E-state index >= 15 is 0 Å². The van der Waals surface area contributed by atoms with E-state index in [9.17, 15) is 14.0 Å². The van der Waals surface area contributed by atoms with Crippen molar-refractivity contribution in [2.24, 2.45) is 5.41 Å². The molecular weight excluding hydrogens is 321 g/mol. The van der Waals surface area contributed by atoms with Crippen LogP contribution in [0.1, 0.15) is 45.1 Å². The Hall–Kier alpha value is -2.43. The van der Waals surface area contributed by atoms with Crippen LogP contribution in [0.3, 0.4) is 0 Å². The fourth-order valence-electron chi connectivity index (χ4n) is 3.84. The first-order valence-corrected chi connectivity index (χ1v) is 8.32. The summed E-state index contributed by atoms with van der Waals surface area (Å²) in [4.78, 5) is 25.3. The number of hydrogen-bond acceptors (Lipinski definition) is 4. The van der Waals surface area contributed by atoms with Crippen molar-refractivity contribution in [3.8, 4) is 0 Å². The lowest BCUT2D eigenvalue weighted by molar-refractivity contribution is -0.136. The zero-order chi connectivity index (χ0) is 18.4. The summed E-state index contributed by atoms with van der Waals surface area (Å²) in [5.41, 5.74) is 2.30. The van der Waals surface area contributed by atoms with Crippen LogP contribution in [0.5, 0.6) is 0 Å². The molecule has 4 nitrogen and oxygen atoms in total. The molecule has 0 fully saturated rings. The second-order valence-electron chi connectivity index (χ2n) is 7.44. The second kappa shape index (κ2) is 6.14. The van der Waals surface area contributed by atoms with Crippen molar-refractivity contribution >= 4 is 11.8 Å². The highest BCUT2D eigenvalue weighted by molar-refractivity contribution is 6.04. The van der Waals surface area contributed by atoms with E-state index < -0.39 is 17.7 Å². The van der Waals surface area contributed by atoms with Crippen LogP contribution in [0, 0.1) is 11.2 Å². The van der Waals surface area contributed by atoms with Gasteiger partial charge < -0.3 is 10.1 Å². The van der Waals surface area contributed by atoms with E-state index in [2.05, 4.69) is 5.32 Å². The molecule has 0 saturated carbocycles. The van der Waals surface area contributed by atoms with Gasteiger partial charge in [0.25, 0.3) is 0 Å². The molecule has 0 amide bonds. The molecular formula is C20H22FNO3. The van der Waals surface area contributed by atoms with E-state index in [4.69, 9.17) is 4.74 Å². The molecule has 3 rings (SSSR count). The Morgan fingerprint density at radius 2 is 1.96 bits per heavy atom. The molecule has 1 aromatic rings. The van der Waals surface area contributed by atoms with Crippen molar-refractivity contribution in [3.05, 3.63) is 58.2 Å². The zero-order valence-electron chi connectivity index (χ0n) is 14.9. The molecule has 1 heterocycles. The van der Waals surface area contributed by atoms with Crippen molar-refractivity contribution in [3.63, 3.8) is 0 Å². The van der Waals surface area contributed by atoms with Gasteiger partial charge in [-0.2, -0.15) is 0 Å². The predicted octanol–water partition coefficient (Wildman–Crippen LogP) is 3.60. The molecule has 0 unspecified atom stereocenters. The van der Waals surface area contributed by atoms with Gasteiger partial charge >= 0.3 is 5.97 Å². The number of allylic oxidation sites excluding steroid dienone is 3. The van der Waals surface area contributed by atoms with E-state index in [0.717, 1.165) is 5.70 Å². The van der Waals surface area contributed by atoms with Crippen LogP contribution in [0.25, 0.3) is 0 Å². The Kier molecular flexibility index (Phi) is 4.27. The van der Waals surface area contributed by atoms with Crippen molar-refractivity contribution in [1.82, 2.24) is 5.32 Å². The number of ether oxygens (including phenoxy) is 1. The monoisotopic (exact) mass is 343 g/mol. The van der Waals surface area contributed by atoms with Gasteiger partial charge in [0.1, 0.15) is 5.82 Å². The summed E-state index contributed by atoms with van der Waals surface area (Å²) in [5.74, 6) is -1.79. The largest absolute Gasteiger partial charge is 0.466 e. The summed E-state index contributed by atoms with van der Waals surface area (Å²) in [6.07, 6.45) is 1.04. The number of dihydropyridines is 1. The van der Waals surface area contributed by atoms with E-state index in [-0.39, 0.29) is 11.2 Å². The van der Waals surface area contributed by atoms with Crippen LogP contribution >= 0.6 is 0 Å². The van der Waals surface area contributed by atoms with E-state index in [0.29, 0.717) is 35.2 Å². The van der Waals surface area contributed by atoms with Crippen LogP contribution in [0.15, 0.2) is 46.8 Å². The van der Waals surface area contributed by atoms with Gasteiger partial charge in [-0.3, -0.25) is 4.79 Å². The fourth-order valence-corrected chi connectivity index (χ4v) is 3.84. The predicted molar refractivity (Wildman–Crippen MR) is 92.0 cm³/mol. The molecule has 1 aromatic carbocycles. The summed E-state index contributed by atoms with van der Waals surface area (Å²) < 4.78 is 19.5. The number of halogens is 1. The minimum Gasteiger partial charge on any atom is -0.466 e. The maximum atomic E-state index is 14.6. The normalized spacial score (nSPS) is 22.4. The number of rotatable bonds is 2. The molecule has 1 atom stereocenters. The molecule has 132 valence electrons. The first-order chi connectivity index (χ1) is 11.7. The molecule has 1 N–H and O–H groups in total. The lowest BCUT2D eigenvalue weighted by Crippen LogP contribution is -2.38. The Balaban J connectivity index is 2.24. The number of ketones is 1. The van der Waals surface area contributed by atoms with Crippen LogP contribution in [-0.4, -0.2) is 18.9 Å². The SMILES string of the molecule is COC(=O)C1=C(C)NC2=C(C(=O)CC(C)(C)C2)[C@H]1c1ccccc1F.